The topological polar surface area (TPSA) is 97.1 Å². The second-order valence-electron chi connectivity index (χ2n) is 8.22. The number of halogens is 1. The number of hydrogen-bond acceptors (Lipinski definition) is 7. The Morgan fingerprint density at radius 2 is 1.88 bits per heavy atom. The van der Waals surface area contributed by atoms with Crippen LogP contribution in [-0.2, 0) is 25.7 Å². The van der Waals surface area contributed by atoms with Gasteiger partial charge in [0.1, 0.15) is 17.9 Å². The number of rotatable bonds is 6. The number of ether oxygens (including phenoxy) is 4. The highest BCUT2D eigenvalue weighted by Crippen LogP contribution is 2.48. The molecule has 2 aliphatic rings. The van der Waals surface area contributed by atoms with E-state index >= 15 is 0 Å². The number of Topliss-reactive ketones (excluding diaryl/α,β-unsaturated/α-hetero) is 1. The Morgan fingerprint density at radius 1 is 1.15 bits per heavy atom. The normalized spacial score (nSPS) is 17.8. The van der Waals surface area contributed by atoms with Gasteiger partial charge in [-0.25, -0.2) is 4.79 Å². The third-order valence-electron chi connectivity index (χ3n) is 6.00. The smallest absolute Gasteiger partial charge is 0.340 e. The number of carbonyl (C=O) groups excluding carboxylic acids is 2. The lowest BCUT2D eigenvalue weighted by atomic mass is 9.77. The first-order valence-electron chi connectivity index (χ1n) is 10.9. The molecule has 0 fully saturated rings. The molecule has 0 aromatic heterocycles. The molecular formula is C26H26BrNO6. The lowest BCUT2D eigenvalue weighted by Gasteiger charge is -2.33. The van der Waals surface area contributed by atoms with Crippen molar-refractivity contribution in [2.24, 2.45) is 5.73 Å². The zero-order chi connectivity index (χ0) is 24.4. The highest BCUT2D eigenvalue weighted by molar-refractivity contribution is 9.10. The molecule has 0 unspecified atom stereocenters. The van der Waals surface area contributed by atoms with Crippen molar-refractivity contribution >= 4 is 27.7 Å². The molecule has 1 aliphatic carbocycles. The molecule has 0 bridgehead atoms. The van der Waals surface area contributed by atoms with Crippen molar-refractivity contribution in [3.63, 3.8) is 0 Å². The molecule has 178 valence electrons. The van der Waals surface area contributed by atoms with Gasteiger partial charge in [-0.1, -0.05) is 45.8 Å². The van der Waals surface area contributed by atoms with E-state index in [1.165, 1.54) is 19.8 Å². The Balaban J connectivity index is 1.76. The van der Waals surface area contributed by atoms with Gasteiger partial charge in [0.15, 0.2) is 17.3 Å². The number of ketones is 1. The van der Waals surface area contributed by atoms with E-state index in [0.717, 1.165) is 5.56 Å². The van der Waals surface area contributed by atoms with E-state index in [1.54, 1.807) is 12.1 Å². The van der Waals surface area contributed by atoms with Crippen LogP contribution in [0.3, 0.4) is 0 Å². The summed E-state index contributed by atoms with van der Waals surface area (Å²) in [4.78, 5) is 25.7. The molecule has 4 rings (SSSR count). The number of aryl methyl sites for hydroxylation is 1. The summed E-state index contributed by atoms with van der Waals surface area (Å²) in [6.45, 7) is 2.38. The van der Waals surface area contributed by atoms with Crippen molar-refractivity contribution < 1.29 is 28.5 Å². The molecule has 7 nitrogen and oxygen atoms in total. The minimum absolute atomic E-state index is 0.0594. The third kappa shape index (κ3) is 4.55. The van der Waals surface area contributed by atoms with Crippen LogP contribution >= 0.6 is 15.9 Å². The molecule has 0 saturated heterocycles. The average molecular weight is 528 g/mol. The number of carbonyl (C=O) groups is 2. The van der Waals surface area contributed by atoms with E-state index < -0.39 is 11.9 Å². The first kappa shape index (κ1) is 23.9. The second-order valence-corrected chi connectivity index (χ2v) is 9.07. The van der Waals surface area contributed by atoms with Crippen molar-refractivity contribution in [2.45, 2.75) is 38.7 Å². The van der Waals surface area contributed by atoms with Gasteiger partial charge < -0.3 is 24.7 Å². The molecule has 2 aromatic rings. The van der Waals surface area contributed by atoms with Crippen LogP contribution in [0.1, 0.15) is 41.9 Å². The number of methoxy groups -OCH3 is 2. The number of esters is 1. The molecule has 0 radical (unpaired) electrons. The summed E-state index contributed by atoms with van der Waals surface area (Å²) in [5, 5.41) is 0. The highest BCUT2D eigenvalue weighted by Gasteiger charge is 2.42. The Labute approximate surface area is 206 Å². The van der Waals surface area contributed by atoms with Gasteiger partial charge in [-0.2, -0.15) is 0 Å². The summed E-state index contributed by atoms with van der Waals surface area (Å²) in [6.07, 6.45) is 1.61. The Kier molecular flexibility index (Phi) is 6.97. The van der Waals surface area contributed by atoms with E-state index in [4.69, 9.17) is 24.7 Å². The number of nitrogens with two attached hydrogens (primary N) is 1. The first-order chi connectivity index (χ1) is 16.3. The van der Waals surface area contributed by atoms with Crippen LogP contribution in [0.4, 0.5) is 0 Å². The van der Waals surface area contributed by atoms with Gasteiger partial charge in [0.2, 0.25) is 5.88 Å². The molecule has 8 heteroatoms. The summed E-state index contributed by atoms with van der Waals surface area (Å²) in [5.74, 6) is -0.0635. The summed E-state index contributed by atoms with van der Waals surface area (Å²) in [7, 11) is 2.81. The van der Waals surface area contributed by atoms with E-state index in [9.17, 15) is 9.59 Å². The van der Waals surface area contributed by atoms with E-state index in [1.807, 2.05) is 31.2 Å². The fraction of sp³-hybridized carbons (Fsp3) is 0.308. The molecule has 1 heterocycles. The van der Waals surface area contributed by atoms with Crippen molar-refractivity contribution in [1.82, 2.24) is 0 Å². The maximum atomic E-state index is 13.0. The van der Waals surface area contributed by atoms with Crippen LogP contribution < -0.4 is 15.2 Å². The van der Waals surface area contributed by atoms with Crippen molar-refractivity contribution in [3.8, 4) is 11.5 Å². The molecule has 2 N–H and O–H groups in total. The molecule has 0 saturated carbocycles. The van der Waals surface area contributed by atoms with Gasteiger partial charge >= 0.3 is 5.97 Å². The third-order valence-corrected chi connectivity index (χ3v) is 6.69. The van der Waals surface area contributed by atoms with Crippen LogP contribution in [0.15, 0.2) is 63.7 Å². The van der Waals surface area contributed by atoms with Gasteiger partial charge in [0, 0.05) is 22.9 Å². The standard InChI is InChI=1S/C26H26BrNO6/c1-14-7-9-15(10-8-14)13-33-21-12-17(27)16(11-20(21)31-2)22-23-18(29)5-4-6-19(23)34-25(28)24(22)26(30)32-3/h7-12,22H,4-6,13,28H2,1-3H3/t22-/m0/s1. The number of hydrogen-bond donors (Lipinski definition) is 1. The van der Waals surface area contributed by atoms with Crippen molar-refractivity contribution in [2.75, 3.05) is 14.2 Å². The average Bonchev–Trinajstić information content (AvgIpc) is 2.82. The Bertz CT molecular complexity index is 1200. The summed E-state index contributed by atoms with van der Waals surface area (Å²) < 4.78 is 23.0. The quantitative estimate of drug-likeness (QED) is 0.538. The van der Waals surface area contributed by atoms with E-state index in [-0.39, 0.29) is 17.2 Å². The number of allylic oxidation sites excluding steroid dienone is 2. The monoisotopic (exact) mass is 527 g/mol. The predicted octanol–water partition coefficient (Wildman–Crippen LogP) is 4.81. The SMILES string of the molecule is COC(=O)C1=C(N)OC2=C(C(=O)CCC2)[C@@H]1c1cc(OC)c(OCc2ccc(C)cc2)cc1Br. The van der Waals surface area contributed by atoms with Crippen LogP contribution in [0.25, 0.3) is 0 Å². The lowest BCUT2D eigenvalue weighted by Crippen LogP contribution is -2.31. The first-order valence-corrected chi connectivity index (χ1v) is 11.7. The van der Waals surface area contributed by atoms with Crippen LogP contribution in [0, 0.1) is 6.92 Å². The molecular weight excluding hydrogens is 502 g/mol. The summed E-state index contributed by atoms with van der Waals surface area (Å²) >= 11 is 3.61. The fourth-order valence-electron chi connectivity index (χ4n) is 4.27. The summed E-state index contributed by atoms with van der Waals surface area (Å²) in [6, 6.07) is 11.6. The van der Waals surface area contributed by atoms with Crippen LogP contribution in [0.2, 0.25) is 0 Å². The van der Waals surface area contributed by atoms with Crippen molar-refractivity contribution in [1.29, 1.82) is 0 Å². The van der Waals surface area contributed by atoms with E-state index in [0.29, 0.717) is 58.7 Å². The minimum atomic E-state index is -0.751. The van der Waals surface area contributed by atoms with Gasteiger partial charge in [-0.15, -0.1) is 0 Å². The summed E-state index contributed by atoms with van der Waals surface area (Å²) in [5.41, 5.74) is 9.49. The zero-order valence-electron chi connectivity index (χ0n) is 19.3. The van der Waals surface area contributed by atoms with Crippen LogP contribution in [-0.4, -0.2) is 26.0 Å². The van der Waals surface area contributed by atoms with Gasteiger partial charge in [0.05, 0.1) is 20.1 Å². The maximum absolute atomic E-state index is 13.0. The molecule has 0 amide bonds. The van der Waals surface area contributed by atoms with Gasteiger partial charge in [0.25, 0.3) is 0 Å². The highest BCUT2D eigenvalue weighted by atomic mass is 79.9. The Morgan fingerprint density at radius 3 is 2.56 bits per heavy atom. The molecule has 2 aromatic carbocycles. The largest absolute Gasteiger partial charge is 0.493 e. The molecule has 0 spiro atoms. The predicted molar refractivity (Wildman–Crippen MR) is 129 cm³/mol. The van der Waals surface area contributed by atoms with Crippen molar-refractivity contribution in [3.05, 3.63) is 80.3 Å². The minimum Gasteiger partial charge on any atom is -0.493 e. The van der Waals surface area contributed by atoms with Crippen LogP contribution in [0.5, 0.6) is 11.5 Å². The zero-order valence-corrected chi connectivity index (χ0v) is 20.9. The lowest BCUT2D eigenvalue weighted by molar-refractivity contribution is -0.136. The fourth-order valence-corrected chi connectivity index (χ4v) is 4.82. The molecule has 1 aliphatic heterocycles. The van der Waals surface area contributed by atoms with Gasteiger partial charge in [-0.05, 0) is 36.6 Å². The van der Waals surface area contributed by atoms with E-state index in [2.05, 4.69) is 15.9 Å². The maximum Gasteiger partial charge on any atom is 0.340 e. The van der Waals surface area contributed by atoms with Gasteiger partial charge in [-0.3, -0.25) is 4.79 Å². The molecule has 1 atom stereocenters. The Hall–Kier alpha value is -3.26. The second kappa shape index (κ2) is 9.93. The number of benzene rings is 2. The molecule has 34 heavy (non-hydrogen) atoms.